The van der Waals surface area contributed by atoms with Gasteiger partial charge < -0.3 is 20.1 Å². The van der Waals surface area contributed by atoms with Gasteiger partial charge in [-0.3, -0.25) is 13.9 Å². The van der Waals surface area contributed by atoms with E-state index in [4.69, 9.17) is 9.47 Å². The number of nitrogens with one attached hydrogen (secondary N) is 2. The molecular formula is C25H27N3O6S. The Kier molecular flexibility index (Phi) is 8.32. The van der Waals surface area contributed by atoms with Gasteiger partial charge >= 0.3 is 0 Å². The average Bonchev–Trinajstić information content (AvgIpc) is 2.87. The number of carbonyl (C=O) groups excluding carboxylic acids is 2. The molecule has 0 radical (unpaired) electrons. The Bertz CT molecular complexity index is 1280. The first kappa shape index (κ1) is 25.6. The van der Waals surface area contributed by atoms with Gasteiger partial charge in [0.1, 0.15) is 11.5 Å². The molecule has 0 aliphatic rings. The second-order valence-electron chi connectivity index (χ2n) is 7.33. The van der Waals surface area contributed by atoms with E-state index in [1.165, 1.54) is 26.2 Å². The van der Waals surface area contributed by atoms with Crippen molar-refractivity contribution in [1.82, 2.24) is 5.32 Å². The lowest BCUT2D eigenvalue weighted by molar-refractivity contribution is -0.118. The highest BCUT2D eigenvalue weighted by atomic mass is 32.2. The van der Waals surface area contributed by atoms with Gasteiger partial charge in [0.05, 0.1) is 28.4 Å². The van der Waals surface area contributed by atoms with Crippen LogP contribution in [-0.2, 0) is 14.8 Å². The van der Waals surface area contributed by atoms with Gasteiger partial charge in [0.2, 0.25) is 0 Å². The molecular weight excluding hydrogens is 470 g/mol. The quantitative estimate of drug-likeness (QED) is 0.444. The van der Waals surface area contributed by atoms with Crippen LogP contribution in [0.2, 0.25) is 0 Å². The highest BCUT2D eigenvalue weighted by molar-refractivity contribution is 7.92. The minimum Gasteiger partial charge on any atom is -0.494 e. The number of nitrogens with zero attached hydrogens (tertiary/aromatic N) is 1. The molecule has 0 saturated carbocycles. The van der Waals surface area contributed by atoms with E-state index in [0.29, 0.717) is 35.0 Å². The zero-order valence-electron chi connectivity index (χ0n) is 19.6. The molecule has 0 bridgehead atoms. The molecule has 0 aliphatic carbocycles. The van der Waals surface area contributed by atoms with Crippen LogP contribution in [-0.4, -0.2) is 47.5 Å². The second kappa shape index (κ2) is 11.4. The Labute approximate surface area is 204 Å². The molecule has 0 fully saturated rings. The van der Waals surface area contributed by atoms with Gasteiger partial charge in [0.25, 0.3) is 21.8 Å². The first-order chi connectivity index (χ1) is 16.8. The number of benzene rings is 3. The smallest absolute Gasteiger partial charge is 0.264 e. The fourth-order valence-corrected chi connectivity index (χ4v) is 4.38. The zero-order valence-corrected chi connectivity index (χ0v) is 20.5. The first-order valence-electron chi connectivity index (χ1n) is 10.8. The Balaban J connectivity index is 1.62. The molecule has 3 aromatic rings. The number of hydrogen-bond donors (Lipinski definition) is 2. The maximum atomic E-state index is 12.9. The van der Waals surface area contributed by atoms with Crippen LogP contribution >= 0.6 is 0 Å². The lowest BCUT2D eigenvalue weighted by Crippen LogP contribution is -2.26. The third-order valence-corrected chi connectivity index (χ3v) is 6.84. The largest absolute Gasteiger partial charge is 0.494 e. The molecule has 3 rings (SSSR count). The fraction of sp³-hybridized carbons (Fsp3) is 0.200. The van der Waals surface area contributed by atoms with E-state index in [2.05, 4.69) is 10.6 Å². The van der Waals surface area contributed by atoms with Crippen molar-refractivity contribution >= 4 is 33.2 Å². The van der Waals surface area contributed by atoms with Crippen molar-refractivity contribution in [3.05, 3.63) is 78.4 Å². The van der Waals surface area contributed by atoms with Gasteiger partial charge in [-0.2, -0.15) is 0 Å². The number of para-hydroxylation sites is 1. The third kappa shape index (κ3) is 6.30. The summed E-state index contributed by atoms with van der Waals surface area (Å²) in [6.07, 6.45) is 0. The summed E-state index contributed by atoms with van der Waals surface area (Å²) in [5, 5.41) is 5.18. The van der Waals surface area contributed by atoms with E-state index in [1.807, 2.05) is 6.92 Å². The van der Waals surface area contributed by atoms with Gasteiger partial charge in [-0.25, -0.2) is 8.42 Å². The molecule has 3 aromatic carbocycles. The summed E-state index contributed by atoms with van der Waals surface area (Å²) in [7, 11) is -0.804. The topological polar surface area (TPSA) is 114 Å². The summed E-state index contributed by atoms with van der Waals surface area (Å²) >= 11 is 0. The molecule has 0 aliphatic heterocycles. The van der Waals surface area contributed by atoms with Crippen LogP contribution in [0, 0.1) is 0 Å². The van der Waals surface area contributed by atoms with Crippen LogP contribution in [0.4, 0.5) is 11.4 Å². The van der Waals surface area contributed by atoms with E-state index in [-0.39, 0.29) is 17.4 Å². The minimum atomic E-state index is -3.77. The van der Waals surface area contributed by atoms with E-state index in [1.54, 1.807) is 60.7 Å². The number of carbonyl (C=O) groups is 2. The number of sulfonamides is 1. The number of hydrogen-bond acceptors (Lipinski definition) is 6. The van der Waals surface area contributed by atoms with Gasteiger partial charge in [-0.15, -0.1) is 0 Å². The Morgan fingerprint density at radius 3 is 2.11 bits per heavy atom. The van der Waals surface area contributed by atoms with Crippen LogP contribution in [0.3, 0.4) is 0 Å². The highest BCUT2D eigenvalue weighted by Crippen LogP contribution is 2.25. The molecule has 184 valence electrons. The molecule has 0 atom stereocenters. The molecule has 0 heterocycles. The molecule has 35 heavy (non-hydrogen) atoms. The molecule has 0 unspecified atom stereocenters. The maximum Gasteiger partial charge on any atom is 0.264 e. The monoisotopic (exact) mass is 497 g/mol. The van der Waals surface area contributed by atoms with Crippen LogP contribution in [0.1, 0.15) is 17.3 Å². The summed E-state index contributed by atoms with van der Waals surface area (Å²) in [6.45, 7) is 2.05. The lowest BCUT2D eigenvalue weighted by atomic mass is 10.1. The van der Waals surface area contributed by atoms with E-state index in [9.17, 15) is 18.0 Å². The molecule has 0 aromatic heterocycles. The van der Waals surface area contributed by atoms with Crippen molar-refractivity contribution in [3.63, 3.8) is 0 Å². The predicted molar refractivity (Wildman–Crippen MR) is 134 cm³/mol. The molecule has 0 saturated heterocycles. The van der Waals surface area contributed by atoms with Crippen molar-refractivity contribution in [1.29, 1.82) is 0 Å². The molecule has 2 amide bonds. The van der Waals surface area contributed by atoms with Crippen LogP contribution < -0.4 is 24.4 Å². The van der Waals surface area contributed by atoms with E-state index in [0.717, 1.165) is 4.31 Å². The van der Waals surface area contributed by atoms with Crippen LogP contribution in [0.25, 0.3) is 0 Å². The van der Waals surface area contributed by atoms with E-state index < -0.39 is 15.9 Å². The van der Waals surface area contributed by atoms with Crippen molar-refractivity contribution in [2.24, 2.45) is 0 Å². The Hall–Kier alpha value is -4.05. The van der Waals surface area contributed by atoms with Crippen molar-refractivity contribution in [3.8, 4) is 11.5 Å². The normalized spacial score (nSPS) is 10.8. The van der Waals surface area contributed by atoms with Crippen molar-refractivity contribution in [2.75, 3.05) is 36.9 Å². The standard InChI is InChI=1S/C25H27N3O6S/c1-4-33-19-13-15-21(16-14-19)35(31,32)28(3)18-9-11-20(12-10-18)34-17-24(29)27-23-8-6-5-7-22(23)25(30)26-2/h5-16H,4,17H2,1-3H3,(H,26,30)(H,27,29). The number of ether oxygens (including phenoxy) is 2. The lowest BCUT2D eigenvalue weighted by Gasteiger charge is -2.20. The second-order valence-corrected chi connectivity index (χ2v) is 9.30. The Morgan fingerprint density at radius 2 is 1.49 bits per heavy atom. The summed E-state index contributed by atoms with van der Waals surface area (Å²) < 4.78 is 37.9. The SMILES string of the molecule is CCOc1ccc(S(=O)(=O)N(C)c2ccc(OCC(=O)Nc3ccccc3C(=O)NC)cc2)cc1. The first-order valence-corrected chi connectivity index (χ1v) is 12.3. The molecule has 0 spiro atoms. The van der Waals surface area contributed by atoms with Gasteiger partial charge in [0.15, 0.2) is 6.61 Å². The van der Waals surface area contributed by atoms with Gasteiger partial charge in [0, 0.05) is 14.1 Å². The fourth-order valence-electron chi connectivity index (χ4n) is 3.18. The molecule has 10 heteroatoms. The maximum absolute atomic E-state index is 12.9. The summed E-state index contributed by atoms with van der Waals surface area (Å²) in [6, 6.07) is 19.2. The van der Waals surface area contributed by atoms with Crippen LogP contribution in [0.15, 0.2) is 77.7 Å². The third-order valence-electron chi connectivity index (χ3n) is 5.04. The molecule has 2 N–H and O–H groups in total. The van der Waals surface area contributed by atoms with Gasteiger partial charge in [-0.05, 0) is 67.6 Å². The highest BCUT2D eigenvalue weighted by Gasteiger charge is 2.21. The van der Waals surface area contributed by atoms with Gasteiger partial charge in [-0.1, -0.05) is 12.1 Å². The number of rotatable bonds is 10. The predicted octanol–water partition coefficient (Wildman–Crippen LogP) is 3.29. The number of amides is 2. The number of anilines is 2. The zero-order chi connectivity index (χ0) is 25.4. The van der Waals surface area contributed by atoms with Crippen LogP contribution in [0.5, 0.6) is 11.5 Å². The van der Waals surface area contributed by atoms with Crippen molar-refractivity contribution < 1.29 is 27.5 Å². The summed E-state index contributed by atoms with van der Waals surface area (Å²) in [5.74, 6) is 0.217. The molecule has 9 nitrogen and oxygen atoms in total. The average molecular weight is 498 g/mol. The summed E-state index contributed by atoms with van der Waals surface area (Å²) in [4.78, 5) is 24.4. The minimum absolute atomic E-state index is 0.137. The summed E-state index contributed by atoms with van der Waals surface area (Å²) in [5.41, 5.74) is 1.14. The Morgan fingerprint density at radius 1 is 0.886 bits per heavy atom. The van der Waals surface area contributed by atoms with Crippen molar-refractivity contribution in [2.45, 2.75) is 11.8 Å². The van der Waals surface area contributed by atoms with E-state index >= 15 is 0 Å².